The third kappa shape index (κ3) is 1.76. The van der Waals surface area contributed by atoms with Gasteiger partial charge in [-0.3, -0.25) is 0 Å². The summed E-state index contributed by atoms with van der Waals surface area (Å²) in [6, 6.07) is 7.89. The number of fused-ring (bicyclic) bond motifs is 1. The maximum absolute atomic E-state index is 12.9. The van der Waals surface area contributed by atoms with Crippen LogP contribution in [-0.2, 0) is 0 Å². The highest BCUT2D eigenvalue weighted by atomic mass is 35.5. The van der Waals surface area contributed by atoms with Crippen molar-refractivity contribution in [3.8, 4) is 11.4 Å². The first-order valence-corrected chi connectivity index (χ1v) is 5.38. The molecule has 1 N–H and O–H groups in total. The van der Waals surface area contributed by atoms with Crippen LogP contribution in [0, 0.1) is 5.82 Å². The molecule has 84 valence electrons. The van der Waals surface area contributed by atoms with Gasteiger partial charge >= 0.3 is 0 Å². The van der Waals surface area contributed by atoms with Gasteiger partial charge in [-0.15, -0.1) is 0 Å². The van der Waals surface area contributed by atoms with Crippen molar-refractivity contribution in [2.75, 3.05) is 0 Å². The Labute approximate surface area is 101 Å². The van der Waals surface area contributed by atoms with Crippen molar-refractivity contribution < 1.29 is 4.39 Å². The van der Waals surface area contributed by atoms with Gasteiger partial charge in [0, 0.05) is 11.8 Å². The number of imidazole rings is 1. The molecule has 0 spiro atoms. The molecule has 1 aromatic carbocycles. The van der Waals surface area contributed by atoms with E-state index in [1.807, 2.05) is 12.1 Å². The fraction of sp³-hybridized carbons (Fsp3) is 0. The van der Waals surface area contributed by atoms with E-state index in [-0.39, 0.29) is 5.82 Å². The largest absolute Gasteiger partial charge is 0.337 e. The minimum Gasteiger partial charge on any atom is -0.337 e. The average Bonchev–Trinajstić information content (AvgIpc) is 2.72. The van der Waals surface area contributed by atoms with E-state index in [2.05, 4.69) is 15.0 Å². The SMILES string of the molecule is Fc1ccc(-c2nc3ncccc3[nH]2)c(Cl)c1. The summed E-state index contributed by atoms with van der Waals surface area (Å²) in [5.41, 5.74) is 2.09. The summed E-state index contributed by atoms with van der Waals surface area (Å²) in [6.45, 7) is 0. The van der Waals surface area contributed by atoms with Gasteiger partial charge in [-0.05, 0) is 30.3 Å². The summed E-state index contributed by atoms with van der Waals surface area (Å²) in [4.78, 5) is 11.5. The van der Waals surface area contributed by atoms with Crippen LogP contribution in [-0.4, -0.2) is 15.0 Å². The number of nitrogens with zero attached hydrogens (tertiary/aromatic N) is 2. The Morgan fingerprint density at radius 3 is 2.88 bits per heavy atom. The van der Waals surface area contributed by atoms with Crippen LogP contribution in [0.3, 0.4) is 0 Å². The molecule has 3 aromatic rings. The van der Waals surface area contributed by atoms with E-state index in [9.17, 15) is 4.39 Å². The van der Waals surface area contributed by atoms with Gasteiger partial charge in [-0.25, -0.2) is 14.4 Å². The highest BCUT2D eigenvalue weighted by Gasteiger charge is 2.09. The first-order chi connectivity index (χ1) is 8.24. The standard InChI is InChI=1S/C12H7ClFN3/c13-9-6-7(14)3-4-8(9)11-16-10-2-1-5-15-12(10)17-11/h1-6H,(H,15,16,17). The molecule has 17 heavy (non-hydrogen) atoms. The Kier molecular flexibility index (Phi) is 2.30. The van der Waals surface area contributed by atoms with Crippen molar-refractivity contribution >= 4 is 22.8 Å². The predicted octanol–water partition coefficient (Wildman–Crippen LogP) is 3.42. The Balaban J connectivity index is 2.20. The molecule has 3 rings (SSSR count). The smallest absolute Gasteiger partial charge is 0.178 e. The summed E-state index contributed by atoms with van der Waals surface area (Å²) in [5, 5.41) is 0.323. The molecule has 2 aromatic heterocycles. The Bertz CT molecular complexity index is 660. The quantitative estimate of drug-likeness (QED) is 0.716. The Hall–Kier alpha value is -1.94. The summed E-state index contributed by atoms with van der Waals surface area (Å²) in [7, 11) is 0. The average molecular weight is 248 g/mol. The zero-order valence-corrected chi connectivity index (χ0v) is 9.37. The molecule has 5 heteroatoms. The third-order valence-corrected chi connectivity index (χ3v) is 2.76. The number of halogens is 2. The predicted molar refractivity (Wildman–Crippen MR) is 64.3 cm³/mol. The number of nitrogens with one attached hydrogen (secondary N) is 1. The zero-order chi connectivity index (χ0) is 11.8. The van der Waals surface area contributed by atoms with E-state index < -0.39 is 0 Å². The van der Waals surface area contributed by atoms with E-state index in [0.717, 1.165) is 5.52 Å². The summed E-state index contributed by atoms with van der Waals surface area (Å²) >= 11 is 5.97. The normalized spacial score (nSPS) is 10.9. The van der Waals surface area contributed by atoms with Crippen molar-refractivity contribution in [1.82, 2.24) is 15.0 Å². The van der Waals surface area contributed by atoms with Gasteiger partial charge in [0.1, 0.15) is 11.6 Å². The Morgan fingerprint density at radius 2 is 2.12 bits per heavy atom. The number of pyridine rings is 1. The van der Waals surface area contributed by atoms with Crippen LogP contribution in [0.25, 0.3) is 22.6 Å². The molecule has 0 bridgehead atoms. The Morgan fingerprint density at radius 1 is 1.24 bits per heavy atom. The van der Waals surface area contributed by atoms with Crippen LogP contribution in [0.5, 0.6) is 0 Å². The van der Waals surface area contributed by atoms with Gasteiger partial charge in [-0.1, -0.05) is 11.6 Å². The van der Waals surface area contributed by atoms with Crippen LogP contribution in [0.2, 0.25) is 5.02 Å². The lowest BCUT2D eigenvalue weighted by molar-refractivity contribution is 0.628. The zero-order valence-electron chi connectivity index (χ0n) is 8.61. The summed E-state index contributed by atoms with van der Waals surface area (Å²) in [5.74, 6) is 0.219. The molecule has 0 fully saturated rings. The van der Waals surface area contributed by atoms with Crippen LogP contribution >= 0.6 is 11.6 Å². The van der Waals surface area contributed by atoms with E-state index in [1.165, 1.54) is 12.1 Å². The van der Waals surface area contributed by atoms with Crippen molar-refractivity contribution in [2.45, 2.75) is 0 Å². The van der Waals surface area contributed by atoms with Gasteiger partial charge in [0.25, 0.3) is 0 Å². The number of aromatic nitrogens is 3. The number of aromatic amines is 1. The maximum Gasteiger partial charge on any atom is 0.178 e. The number of rotatable bonds is 1. The molecule has 0 unspecified atom stereocenters. The molecule has 0 radical (unpaired) electrons. The molecule has 0 aliphatic rings. The van der Waals surface area contributed by atoms with E-state index in [0.29, 0.717) is 22.1 Å². The fourth-order valence-corrected chi connectivity index (χ4v) is 1.91. The van der Waals surface area contributed by atoms with Gasteiger partial charge < -0.3 is 4.98 Å². The second-order valence-corrected chi connectivity index (χ2v) is 3.99. The van der Waals surface area contributed by atoms with Crippen LogP contribution in [0.4, 0.5) is 4.39 Å². The van der Waals surface area contributed by atoms with Crippen molar-refractivity contribution in [2.24, 2.45) is 0 Å². The topological polar surface area (TPSA) is 41.6 Å². The fourth-order valence-electron chi connectivity index (χ4n) is 1.65. The molecule has 0 atom stereocenters. The lowest BCUT2D eigenvalue weighted by Crippen LogP contribution is -1.83. The monoisotopic (exact) mass is 247 g/mol. The molecule has 0 saturated carbocycles. The molecule has 0 saturated heterocycles. The number of hydrogen-bond acceptors (Lipinski definition) is 2. The van der Waals surface area contributed by atoms with Crippen LogP contribution in [0.15, 0.2) is 36.5 Å². The van der Waals surface area contributed by atoms with Crippen LogP contribution in [0.1, 0.15) is 0 Å². The molecule has 0 amide bonds. The lowest BCUT2D eigenvalue weighted by Gasteiger charge is -1.99. The van der Waals surface area contributed by atoms with Crippen molar-refractivity contribution in [3.05, 3.63) is 47.4 Å². The van der Waals surface area contributed by atoms with Gasteiger partial charge in [-0.2, -0.15) is 0 Å². The first-order valence-electron chi connectivity index (χ1n) is 5.00. The molecule has 0 aliphatic carbocycles. The van der Waals surface area contributed by atoms with Gasteiger partial charge in [0.05, 0.1) is 10.5 Å². The number of hydrogen-bond donors (Lipinski definition) is 1. The number of benzene rings is 1. The molecule has 2 heterocycles. The minimum absolute atomic E-state index is 0.323. The maximum atomic E-state index is 12.9. The second kappa shape index (κ2) is 3.82. The first kappa shape index (κ1) is 10.2. The van der Waals surface area contributed by atoms with Crippen LogP contribution < -0.4 is 0 Å². The molecular weight excluding hydrogens is 241 g/mol. The number of H-pyrrole nitrogens is 1. The summed E-state index contributed by atoms with van der Waals surface area (Å²) < 4.78 is 12.9. The molecular formula is C12H7ClFN3. The van der Waals surface area contributed by atoms with Crippen molar-refractivity contribution in [3.63, 3.8) is 0 Å². The highest BCUT2D eigenvalue weighted by Crippen LogP contribution is 2.27. The van der Waals surface area contributed by atoms with Gasteiger partial charge in [0.15, 0.2) is 5.65 Å². The lowest BCUT2D eigenvalue weighted by atomic mass is 10.2. The van der Waals surface area contributed by atoms with Gasteiger partial charge in [0.2, 0.25) is 0 Å². The second-order valence-electron chi connectivity index (χ2n) is 3.58. The molecule has 0 aliphatic heterocycles. The third-order valence-electron chi connectivity index (χ3n) is 2.44. The highest BCUT2D eigenvalue weighted by molar-refractivity contribution is 6.33. The summed E-state index contributed by atoms with van der Waals surface area (Å²) in [6.07, 6.45) is 1.67. The van der Waals surface area contributed by atoms with E-state index in [1.54, 1.807) is 12.3 Å². The minimum atomic E-state index is -0.368. The van der Waals surface area contributed by atoms with E-state index in [4.69, 9.17) is 11.6 Å². The van der Waals surface area contributed by atoms with E-state index >= 15 is 0 Å². The molecule has 3 nitrogen and oxygen atoms in total. The van der Waals surface area contributed by atoms with Crippen molar-refractivity contribution in [1.29, 1.82) is 0 Å².